The fourth-order valence-electron chi connectivity index (χ4n) is 4.45. The minimum Gasteiger partial charge on any atom is -0.427 e. The zero-order chi connectivity index (χ0) is 15.3. The molecule has 0 aromatic heterocycles. The molecule has 1 saturated heterocycles. The molecule has 118 valence electrons. The van der Waals surface area contributed by atoms with Crippen LogP contribution in [0, 0.1) is 17.8 Å². The van der Waals surface area contributed by atoms with Gasteiger partial charge in [0.2, 0.25) is 0 Å². The molecule has 0 spiro atoms. The average Bonchev–Trinajstić information content (AvgIpc) is 3.14. The maximum Gasteiger partial charge on any atom is 0.311 e. The Balaban J connectivity index is 1.32. The van der Waals surface area contributed by atoms with E-state index in [1.807, 2.05) is 12.1 Å². The molecular weight excluding hydrogens is 292 g/mol. The van der Waals surface area contributed by atoms with E-state index in [1.165, 1.54) is 18.4 Å². The third-order valence-electron chi connectivity index (χ3n) is 5.96. The number of carbonyl (C=O) groups excluding carboxylic acids is 1. The van der Waals surface area contributed by atoms with Crippen molar-refractivity contribution < 1.29 is 9.53 Å². The number of hydrogen-bond acceptors (Lipinski definition) is 3. The van der Waals surface area contributed by atoms with E-state index in [9.17, 15) is 4.79 Å². The first-order valence-electron chi connectivity index (χ1n) is 8.61. The fraction of sp³-hybridized carbons (Fsp3) is 0.632. The quantitative estimate of drug-likeness (QED) is 0.450. The Hall–Kier alpha value is -0.960. The summed E-state index contributed by atoms with van der Waals surface area (Å²) in [6.07, 6.45) is 4.35. The first-order valence-corrected chi connectivity index (χ1v) is 9.56. The molecule has 3 heteroatoms. The van der Waals surface area contributed by atoms with E-state index in [1.54, 1.807) is 0 Å². The van der Waals surface area contributed by atoms with E-state index >= 15 is 0 Å². The standard InChI is InChI=1S/C19H24O2S/c1-3-11(2)12-4-6-15(7-5-12)21-17(20)10-13-8-14-9-16(13)19-18(14)22-19/h4-7,11,13-14,16,18-19H,3,8-10H2,1-2H3. The molecule has 1 aliphatic heterocycles. The number of fused-ring (bicyclic) bond motifs is 5. The summed E-state index contributed by atoms with van der Waals surface area (Å²) in [5.41, 5.74) is 1.31. The summed E-state index contributed by atoms with van der Waals surface area (Å²) in [7, 11) is 0. The zero-order valence-electron chi connectivity index (χ0n) is 13.3. The van der Waals surface area contributed by atoms with Gasteiger partial charge in [-0.1, -0.05) is 26.0 Å². The number of benzene rings is 1. The normalized spacial score (nSPS) is 36.0. The minimum atomic E-state index is -0.0453. The van der Waals surface area contributed by atoms with Gasteiger partial charge in [0.25, 0.3) is 0 Å². The maximum atomic E-state index is 12.2. The van der Waals surface area contributed by atoms with Crippen molar-refractivity contribution in [2.24, 2.45) is 17.8 Å². The Kier molecular flexibility index (Phi) is 3.72. The van der Waals surface area contributed by atoms with Gasteiger partial charge in [-0.25, -0.2) is 0 Å². The zero-order valence-corrected chi connectivity index (χ0v) is 14.1. The Labute approximate surface area is 137 Å². The first-order chi connectivity index (χ1) is 10.7. The molecule has 6 atom stereocenters. The monoisotopic (exact) mass is 316 g/mol. The number of thioether (sulfide) groups is 1. The lowest BCUT2D eigenvalue weighted by molar-refractivity contribution is -0.135. The van der Waals surface area contributed by atoms with Crippen LogP contribution in [-0.4, -0.2) is 16.5 Å². The smallest absolute Gasteiger partial charge is 0.311 e. The molecule has 2 bridgehead atoms. The van der Waals surface area contributed by atoms with Crippen LogP contribution >= 0.6 is 11.8 Å². The van der Waals surface area contributed by atoms with Crippen molar-refractivity contribution in [3.63, 3.8) is 0 Å². The molecule has 1 aromatic carbocycles. The van der Waals surface area contributed by atoms with Gasteiger partial charge in [0.15, 0.2) is 0 Å². The second kappa shape index (κ2) is 5.59. The third-order valence-corrected chi connectivity index (χ3v) is 7.59. The molecule has 2 aliphatic carbocycles. The molecule has 2 nitrogen and oxygen atoms in total. The Morgan fingerprint density at radius 1 is 1.27 bits per heavy atom. The van der Waals surface area contributed by atoms with Crippen molar-refractivity contribution in [2.75, 3.05) is 0 Å². The Bertz CT molecular complexity index is 567. The van der Waals surface area contributed by atoms with Crippen LogP contribution in [0.5, 0.6) is 5.75 Å². The van der Waals surface area contributed by atoms with Gasteiger partial charge in [0.1, 0.15) is 5.75 Å². The highest BCUT2D eigenvalue weighted by atomic mass is 32.2. The molecule has 6 unspecified atom stereocenters. The fourth-order valence-corrected chi connectivity index (χ4v) is 6.13. The van der Waals surface area contributed by atoms with Crippen LogP contribution < -0.4 is 4.74 Å². The van der Waals surface area contributed by atoms with Gasteiger partial charge in [-0.2, -0.15) is 11.8 Å². The van der Waals surface area contributed by atoms with Crippen LogP contribution in [0.3, 0.4) is 0 Å². The van der Waals surface area contributed by atoms with Crippen LogP contribution in [0.15, 0.2) is 24.3 Å². The molecule has 4 rings (SSSR count). The molecular formula is C19H24O2S. The van der Waals surface area contributed by atoms with Crippen molar-refractivity contribution in [2.45, 2.75) is 55.9 Å². The molecule has 22 heavy (non-hydrogen) atoms. The van der Waals surface area contributed by atoms with E-state index in [0.29, 0.717) is 24.0 Å². The molecule has 2 saturated carbocycles. The summed E-state index contributed by atoms with van der Waals surface area (Å²) in [5, 5.41) is 1.83. The molecule has 0 N–H and O–H groups in total. The highest BCUT2D eigenvalue weighted by molar-refractivity contribution is 8.07. The predicted octanol–water partition coefficient (Wildman–Crippen LogP) is 4.64. The second-order valence-corrected chi connectivity index (χ2v) is 8.64. The highest BCUT2D eigenvalue weighted by Gasteiger charge is 2.62. The lowest BCUT2D eigenvalue weighted by Gasteiger charge is -2.19. The van der Waals surface area contributed by atoms with Crippen LogP contribution in [0.1, 0.15) is 51.0 Å². The van der Waals surface area contributed by atoms with Crippen molar-refractivity contribution >= 4 is 17.7 Å². The van der Waals surface area contributed by atoms with Crippen molar-refractivity contribution in [1.82, 2.24) is 0 Å². The lowest BCUT2D eigenvalue weighted by Crippen LogP contribution is -2.22. The summed E-state index contributed by atoms with van der Waals surface area (Å²) < 4.78 is 5.56. The van der Waals surface area contributed by atoms with Crippen LogP contribution in [0.2, 0.25) is 0 Å². The van der Waals surface area contributed by atoms with E-state index in [0.717, 1.165) is 28.8 Å². The highest BCUT2D eigenvalue weighted by Crippen LogP contribution is 2.67. The summed E-state index contributed by atoms with van der Waals surface area (Å²) >= 11 is 2.15. The molecule has 3 aliphatic rings. The van der Waals surface area contributed by atoms with Gasteiger partial charge in [0.05, 0.1) is 0 Å². The van der Waals surface area contributed by atoms with Crippen molar-refractivity contribution in [3.05, 3.63) is 29.8 Å². The van der Waals surface area contributed by atoms with E-state index in [2.05, 4.69) is 37.7 Å². The first kappa shape index (κ1) is 14.6. The number of hydrogen-bond donors (Lipinski definition) is 0. The lowest BCUT2D eigenvalue weighted by atomic mass is 9.86. The third kappa shape index (κ3) is 2.58. The summed E-state index contributed by atoms with van der Waals surface area (Å²) in [6, 6.07) is 8.04. The van der Waals surface area contributed by atoms with Gasteiger partial charge < -0.3 is 4.74 Å². The summed E-state index contributed by atoms with van der Waals surface area (Å²) in [4.78, 5) is 12.2. The Morgan fingerprint density at radius 3 is 2.68 bits per heavy atom. The Morgan fingerprint density at radius 2 is 2.05 bits per heavy atom. The number of rotatable bonds is 5. The summed E-state index contributed by atoms with van der Waals surface area (Å²) in [6.45, 7) is 4.41. The summed E-state index contributed by atoms with van der Waals surface area (Å²) in [5.74, 6) is 3.47. The SMILES string of the molecule is CCC(C)c1ccc(OC(=O)CC2CC3CC2C2SC32)cc1. The average molecular weight is 316 g/mol. The van der Waals surface area contributed by atoms with Crippen LogP contribution in [0.4, 0.5) is 0 Å². The predicted molar refractivity (Wildman–Crippen MR) is 90.3 cm³/mol. The molecule has 3 fully saturated rings. The minimum absolute atomic E-state index is 0.0453. The largest absolute Gasteiger partial charge is 0.427 e. The van der Waals surface area contributed by atoms with E-state index in [-0.39, 0.29) is 5.97 Å². The maximum absolute atomic E-state index is 12.2. The number of esters is 1. The molecule has 1 aromatic rings. The van der Waals surface area contributed by atoms with Crippen molar-refractivity contribution in [1.29, 1.82) is 0 Å². The molecule has 0 radical (unpaired) electrons. The van der Waals surface area contributed by atoms with Gasteiger partial charge in [-0.3, -0.25) is 4.79 Å². The van der Waals surface area contributed by atoms with E-state index in [4.69, 9.17) is 4.74 Å². The van der Waals surface area contributed by atoms with Gasteiger partial charge >= 0.3 is 5.97 Å². The molecule has 1 heterocycles. The van der Waals surface area contributed by atoms with E-state index < -0.39 is 0 Å². The number of ether oxygens (including phenoxy) is 1. The molecule has 0 amide bonds. The van der Waals surface area contributed by atoms with Crippen molar-refractivity contribution in [3.8, 4) is 5.75 Å². The van der Waals surface area contributed by atoms with Crippen LogP contribution in [0.25, 0.3) is 0 Å². The van der Waals surface area contributed by atoms with Gasteiger partial charge in [0, 0.05) is 16.9 Å². The topological polar surface area (TPSA) is 26.3 Å². The van der Waals surface area contributed by atoms with Crippen LogP contribution in [-0.2, 0) is 4.79 Å². The van der Waals surface area contributed by atoms with Gasteiger partial charge in [-0.05, 0) is 60.6 Å². The second-order valence-electron chi connectivity index (χ2n) is 7.28. The number of carbonyl (C=O) groups is 1. The van der Waals surface area contributed by atoms with Gasteiger partial charge in [-0.15, -0.1) is 0 Å².